The van der Waals surface area contributed by atoms with Crippen molar-refractivity contribution < 1.29 is 14.7 Å². The zero-order valence-electron chi connectivity index (χ0n) is 14.6. The highest BCUT2D eigenvalue weighted by atomic mass is 16.3. The molecule has 0 heterocycles. The molecule has 0 aliphatic rings. The van der Waals surface area contributed by atoms with Crippen LogP contribution < -0.4 is 10.6 Å². The molecule has 0 saturated heterocycles. The van der Waals surface area contributed by atoms with Crippen molar-refractivity contribution in [2.45, 2.75) is 19.8 Å². The zero-order valence-corrected chi connectivity index (χ0v) is 14.6. The Bertz CT molecular complexity index is 980. The van der Waals surface area contributed by atoms with E-state index in [0.29, 0.717) is 22.1 Å². The van der Waals surface area contributed by atoms with E-state index in [-0.39, 0.29) is 11.7 Å². The summed E-state index contributed by atoms with van der Waals surface area (Å²) in [6.45, 7) is 4.04. The van der Waals surface area contributed by atoms with Gasteiger partial charge in [-0.2, -0.15) is 0 Å². The number of benzene rings is 3. The second-order valence-corrected chi connectivity index (χ2v) is 6.33. The van der Waals surface area contributed by atoms with Gasteiger partial charge in [-0.15, -0.1) is 0 Å². The van der Waals surface area contributed by atoms with Gasteiger partial charge in [0.1, 0.15) is 5.75 Å². The third-order valence-corrected chi connectivity index (χ3v) is 4.18. The standard InChI is InChI=1S/C21H20N2O3/c1-13(2)14-7-3-4-10-17(14)22-20(25)21(26)23-18-11-5-9-16-15(18)8-6-12-19(16)24/h3-13,24H,1-2H3,(H,22,25)(H,23,26). The molecule has 5 heteroatoms. The molecule has 0 unspecified atom stereocenters. The smallest absolute Gasteiger partial charge is 0.314 e. The number of aromatic hydroxyl groups is 1. The number of amides is 2. The lowest BCUT2D eigenvalue weighted by molar-refractivity contribution is -0.132. The summed E-state index contributed by atoms with van der Waals surface area (Å²) in [6, 6.07) is 17.6. The zero-order chi connectivity index (χ0) is 18.7. The normalized spacial score (nSPS) is 10.7. The number of anilines is 2. The molecule has 0 aliphatic heterocycles. The molecule has 2 amide bonds. The molecule has 0 atom stereocenters. The first-order chi connectivity index (χ1) is 12.5. The number of carbonyl (C=O) groups is 2. The van der Waals surface area contributed by atoms with Crippen LogP contribution in [0.5, 0.6) is 5.75 Å². The van der Waals surface area contributed by atoms with E-state index in [0.717, 1.165) is 5.56 Å². The van der Waals surface area contributed by atoms with Crippen LogP contribution in [0.3, 0.4) is 0 Å². The molecule has 3 aromatic rings. The summed E-state index contributed by atoms with van der Waals surface area (Å²) in [6.07, 6.45) is 0. The van der Waals surface area contributed by atoms with Gasteiger partial charge < -0.3 is 15.7 Å². The average Bonchev–Trinajstić information content (AvgIpc) is 2.63. The van der Waals surface area contributed by atoms with Gasteiger partial charge in [-0.25, -0.2) is 0 Å². The van der Waals surface area contributed by atoms with Crippen molar-refractivity contribution in [1.29, 1.82) is 0 Å². The highest BCUT2D eigenvalue weighted by Crippen LogP contribution is 2.30. The van der Waals surface area contributed by atoms with Crippen LogP contribution in [0.2, 0.25) is 0 Å². The molecule has 3 aromatic carbocycles. The van der Waals surface area contributed by atoms with Crippen molar-refractivity contribution in [2.75, 3.05) is 10.6 Å². The van der Waals surface area contributed by atoms with Crippen LogP contribution >= 0.6 is 0 Å². The van der Waals surface area contributed by atoms with Gasteiger partial charge in [0.2, 0.25) is 0 Å². The summed E-state index contributed by atoms with van der Waals surface area (Å²) >= 11 is 0. The Balaban J connectivity index is 1.81. The predicted octanol–water partition coefficient (Wildman–Crippen LogP) is 4.25. The van der Waals surface area contributed by atoms with Crippen LogP contribution in [0.25, 0.3) is 10.8 Å². The van der Waals surface area contributed by atoms with E-state index in [1.165, 1.54) is 0 Å². The molecule has 0 fully saturated rings. The van der Waals surface area contributed by atoms with Gasteiger partial charge in [0, 0.05) is 22.1 Å². The number of para-hydroxylation sites is 1. The number of nitrogens with one attached hydrogen (secondary N) is 2. The fraction of sp³-hybridized carbons (Fsp3) is 0.143. The molecule has 5 nitrogen and oxygen atoms in total. The monoisotopic (exact) mass is 348 g/mol. The fourth-order valence-corrected chi connectivity index (χ4v) is 2.87. The largest absolute Gasteiger partial charge is 0.507 e. The summed E-state index contributed by atoms with van der Waals surface area (Å²) in [7, 11) is 0. The van der Waals surface area contributed by atoms with Crippen molar-refractivity contribution in [1.82, 2.24) is 0 Å². The number of carbonyl (C=O) groups excluding carboxylic acids is 2. The van der Waals surface area contributed by atoms with E-state index in [1.807, 2.05) is 32.0 Å². The van der Waals surface area contributed by atoms with Gasteiger partial charge >= 0.3 is 11.8 Å². The van der Waals surface area contributed by atoms with E-state index in [9.17, 15) is 14.7 Å². The highest BCUT2D eigenvalue weighted by Gasteiger charge is 2.17. The minimum absolute atomic E-state index is 0.119. The average molecular weight is 348 g/mol. The molecule has 0 aromatic heterocycles. The van der Waals surface area contributed by atoms with Crippen LogP contribution in [0.1, 0.15) is 25.3 Å². The van der Waals surface area contributed by atoms with Gasteiger partial charge in [0.25, 0.3) is 0 Å². The Morgan fingerprint density at radius 2 is 1.35 bits per heavy atom. The lowest BCUT2D eigenvalue weighted by Gasteiger charge is -2.14. The first-order valence-electron chi connectivity index (χ1n) is 8.39. The van der Waals surface area contributed by atoms with Crippen LogP contribution in [-0.4, -0.2) is 16.9 Å². The lowest BCUT2D eigenvalue weighted by atomic mass is 10.0. The van der Waals surface area contributed by atoms with E-state index in [1.54, 1.807) is 42.5 Å². The maximum atomic E-state index is 12.3. The van der Waals surface area contributed by atoms with E-state index < -0.39 is 11.8 Å². The van der Waals surface area contributed by atoms with Gasteiger partial charge in [-0.3, -0.25) is 9.59 Å². The molecular formula is C21H20N2O3. The highest BCUT2D eigenvalue weighted by molar-refractivity contribution is 6.44. The summed E-state index contributed by atoms with van der Waals surface area (Å²) in [5.74, 6) is -1.17. The Labute approximate surface area is 151 Å². The number of phenols is 1. The molecule has 0 bridgehead atoms. The van der Waals surface area contributed by atoms with Gasteiger partial charge in [-0.1, -0.05) is 56.3 Å². The van der Waals surface area contributed by atoms with Crippen molar-refractivity contribution in [3.05, 3.63) is 66.2 Å². The lowest BCUT2D eigenvalue weighted by Crippen LogP contribution is -2.29. The predicted molar refractivity (Wildman–Crippen MR) is 103 cm³/mol. The molecule has 0 aliphatic carbocycles. The molecular weight excluding hydrogens is 328 g/mol. The van der Waals surface area contributed by atoms with Crippen LogP contribution in [0.15, 0.2) is 60.7 Å². The topological polar surface area (TPSA) is 78.4 Å². The quantitative estimate of drug-likeness (QED) is 0.619. The number of fused-ring (bicyclic) bond motifs is 1. The SMILES string of the molecule is CC(C)c1ccccc1NC(=O)C(=O)Nc1cccc2c(O)cccc12. The Morgan fingerprint density at radius 3 is 2.08 bits per heavy atom. The van der Waals surface area contributed by atoms with E-state index >= 15 is 0 Å². The summed E-state index contributed by atoms with van der Waals surface area (Å²) in [5.41, 5.74) is 2.05. The summed E-state index contributed by atoms with van der Waals surface area (Å²) < 4.78 is 0. The van der Waals surface area contributed by atoms with Crippen LogP contribution in [-0.2, 0) is 9.59 Å². The molecule has 3 N–H and O–H groups in total. The maximum absolute atomic E-state index is 12.3. The van der Waals surface area contributed by atoms with Crippen molar-refractivity contribution in [3.8, 4) is 5.75 Å². The maximum Gasteiger partial charge on any atom is 0.314 e. The first kappa shape index (κ1) is 17.5. The molecule has 3 rings (SSSR count). The third kappa shape index (κ3) is 3.52. The van der Waals surface area contributed by atoms with Gasteiger partial charge in [-0.05, 0) is 29.7 Å². The molecule has 0 spiro atoms. The summed E-state index contributed by atoms with van der Waals surface area (Å²) in [5, 5.41) is 16.5. The molecule has 26 heavy (non-hydrogen) atoms. The molecule has 0 radical (unpaired) electrons. The van der Waals surface area contributed by atoms with Crippen LogP contribution in [0.4, 0.5) is 11.4 Å². The second-order valence-electron chi connectivity index (χ2n) is 6.33. The number of phenolic OH excluding ortho intramolecular Hbond substituents is 1. The Morgan fingerprint density at radius 1 is 0.769 bits per heavy atom. The summed E-state index contributed by atoms with van der Waals surface area (Å²) in [4.78, 5) is 24.7. The Kier molecular flexibility index (Phi) is 4.89. The van der Waals surface area contributed by atoms with Crippen LogP contribution in [0, 0.1) is 0 Å². The van der Waals surface area contributed by atoms with Gasteiger partial charge in [0.05, 0.1) is 0 Å². The molecule has 132 valence electrons. The van der Waals surface area contributed by atoms with Gasteiger partial charge in [0.15, 0.2) is 0 Å². The number of hydrogen-bond acceptors (Lipinski definition) is 3. The first-order valence-corrected chi connectivity index (χ1v) is 8.39. The second kappa shape index (κ2) is 7.27. The van der Waals surface area contributed by atoms with Crippen molar-refractivity contribution in [3.63, 3.8) is 0 Å². The minimum atomic E-state index is -0.764. The van der Waals surface area contributed by atoms with E-state index in [4.69, 9.17) is 0 Å². The van der Waals surface area contributed by atoms with Crippen molar-refractivity contribution in [2.24, 2.45) is 0 Å². The number of hydrogen-bond donors (Lipinski definition) is 3. The fourth-order valence-electron chi connectivity index (χ4n) is 2.87. The van der Waals surface area contributed by atoms with Crippen molar-refractivity contribution >= 4 is 34.0 Å². The molecule has 0 saturated carbocycles. The third-order valence-electron chi connectivity index (χ3n) is 4.18. The van der Waals surface area contributed by atoms with E-state index in [2.05, 4.69) is 10.6 Å². The Hall–Kier alpha value is -3.34. The minimum Gasteiger partial charge on any atom is -0.507 e. The number of rotatable bonds is 3.